The summed E-state index contributed by atoms with van der Waals surface area (Å²) in [5.74, 6) is -1.23. The third kappa shape index (κ3) is 3.43. The summed E-state index contributed by atoms with van der Waals surface area (Å²) < 4.78 is 25.4. The number of aromatic carboxylic acids is 1. The molecule has 2 rings (SSSR count). The van der Waals surface area contributed by atoms with Gasteiger partial charge in [0.2, 0.25) is 0 Å². The van der Waals surface area contributed by atoms with Crippen LogP contribution in [0.15, 0.2) is 30.3 Å². The SMILES string of the molecule is O=C(O)c1cc(N(CCO)CC(F)F)c2ccccc2n1. The van der Waals surface area contributed by atoms with Gasteiger partial charge in [-0.2, -0.15) is 0 Å². The predicted molar refractivity (Wildman–Crippen MR) is 74.0 cm³/mol. The summed E-state index contributed by atoms with van der Waals surface area (Å²) in [6, 6.07) is 7.95. The molecule has 1 aromatic carbocycles. The van der Waals surface area contributed by atoms with Crippen LogP contribution in [0.2, 0.25) is 0 Å². The molecule has 2 aromatic rings. The molecule has 0 spiro atoms. The molecule has 5 nitrogen and oxygen atoms in total. The summed E-state index contributed by atoms with van der Waals surface area (Å²) in [6.45, 7) is -0.920. The summed E-state index contributed by atoms with van der Waals surface area (Å²) >= 11 is 0. The molecule has 0 unspecified atom stereocenters. The van der Waals surface area contributed by atoms with Gasteiger partial charge in [0, 0.05) is 17.6 Å². The third-order valence-corrected chi connectivity index (χ3v) is 2.98. The molecule has 0 aliphatic heterocycles. The van der Waals surface area contributed by atoms with E-state index in [1.165, 1.54) is 11.0 Å². The number of aliphatic hydroxyl groups is 1. The minimum atomic E-state index is -2.60. The van der Waals surface area contributed by atoms with Crippen LogP contribution in [-0.2, 0) is 0 Å². The number of carbonyl (C=O) groups is 1. The van der Waals surface area contributed by atoms with Gasteiger partial charge in [-0.05, 0) is 12.1 Å². The van der Waals surface area contributed by atoms with Gasteiger partial charge >= 0.3 is 5.97 Å². The second kappa shape index (κ2) is 6.45. The van der Waals surface area contributed by atoms with Crippen LogP contribution in [0.3, 0.4) is 0 Å². The molecule has 0 radical (unpaired) electrons. The lowest BCUT2D eigenvalue weighted by atomic mass is 10.1. The number of hydrogen-bond acceptors (Lipinski definition) is 4. The number of fused-ring (bicyclic) bond motifs is 1. The number of pyridine rings is 1. The van der Waals surface area contributed by atoms with Crippen molar-refractivity contribution >= 4 is 22.6 Å². The van der Waals surface area contributed by atoms with Crippen LogP contribution in [-0.4, -0.2) is 47.3 Å². The number of aliphatic hydroxyl groups excluding tert-OH is 1. The molecule has 0 amide bonds. The summed E-state index contributed by atoms with van der Waals surface area (Å²) in [6.07, 6.45) is -2.60. The molecule has 0 aliphatic carbocycles. The van der Waals surface area contributed by atoms with E-state index in [1.54, 1.807) is 24.3 Å². The Labute approximate surface area is 119 Å². The average molecular weight is 296 g/mol. The van der Waals surface area contributed by atoms with Gasteiger partial charge in [-0.3, -0.25) is 0 Å². The van der Waals surface area contributed by atoms with Gasteiger partial charge in [0.25, 0.3) is 6.43 Å². The topological polar surface area (TPSA) is 73.7 Å². The maximum Gasteiger partial charge on any atom is 0.354 e. The minimum absolute atomic E-state index is 0.0165. The van der Waals surface area contributed by atoms with E-state index in [9.17, 15) is 13.6 Å². The standard InChI is InChI=1S/C14H14F2N2O3/c15-13(16)8-18(5-6-19)12-7-11(14(20)21)17-10-4-2-1-3-9(10)12/h1-4,7,13,19H,5-6,8H2,(H,20,21). The number of carboxylic acids is 1. The number of alkyl halides is 2. The van der Waals surface area contributed by atoms with Crippen LogP contribution in [0.5, 0.6) is 0 Å². The zero-order valence-corrected chi connectivity index (χ0v) is 11.0. The van der Waals surface area contributed by atoms with Crippen molar-refractivity contribution in [2.45, 2.75) is 6.43 Å². The summed E-state index contributed by atoms with van der Waals surface area (Å²) in [5.41, 5.74) is 0.512. The number of halogens is 2. The van der Waals surface area contributed by atoms with Crippen LogP contribution in [0.25, 0.3) is 10.9 Å². The first-order valence-electron chi connectivity index (χ1n) is 6.30. The first kappa shape index (κ1) is 15.1. The quantitative estimate of drug-likeness (QED) is 0.853. The van der Waals surface area contributed by atoms with Crippen LogP contribution in [0.4, 0.5) is 14.5 Å². The Morgan fingerprint density at radius 3 is 2.67 bits per heavy atom. The van der Waals surface area contributed by atoms with E-state index in [1.807, 2.05) is 0 Å². The maximum atomic E-state index is 12.7. The second-order valence-electron chi connectivity index (χ2n) is 4.41. The number of benzene rings is 1. The van der Waals surface area contributed by atoms with Crippen molar-refractivity contribution in [2.75, 3.05) is 24.6 Å². The monoisotopic (exact) mass is 296 g/mol. The van der Waals surface area contributed by atoms with E-state index >= 15 is 0 Å². The lowest BCUT2D eigenvalue weighted by molar-refractivity contribution is 0.0691. The number of nitrogens with zero attached hydrogens (tertiary/aromatic N) is 2. The molecule has 2 N–H and O–H groups in total. The highest BCUT2D eigenvalue weighted by molar-refractivity contribution is 5.97. The molecular weight excluding hydrogens is 282 g/mol. The molecule has 0 saturated carbocycles. The lowest BCUT2D eigenvalue weighted by Gasteiger charge is -2.25. The average Bonchev–Trinajstić information content (AvgIpc) is 2.45. The normalized spacial score (nSPS) is 11.0. The fourth-order valence-electron chi connectivity index (χ4n) is 2.13. The highest BCUT2D eigenvalue weighted by Crippen LogP contribution is 2.27. The molecular formula is C14H14F2N2O3. The van der Waals surface area contributed by atoms with Gasteiger partial charge in [0.15, 0.2) is 5.69 Å². The lowest BCUT2D eigenvalue weighted by Crippen LogP contribution is -2.32. The molecule has 0 aliphatic rings. The summed E-state index contributed by atoms with van der Waals surface area (Å²) in [5, 5.41) is 18.7. The van der Waals surface area contributed by atoms with E-state index in [2.05, 4.69) is 4.98 Å². The van der Waals surface area contributed by atoms with Crippen LogP contribution in [0.1, 0.15) is 10.5 Å². The molecule has 0 atom stereocenters. The number of para-hydroxylation sites is 1. The van der Waals surface area contributed by atoms with E-state index < -0.39 is 18.9 Å². The van der Waals surface area contributed by atoms with Crippen molar-refractivity contribution in [2.24, 2.45) is 0 Å². The van der Waals surface area contributed by atoms with Crippen molar-refractivity contribution in [1.82, 2.24) is 4.98 Å². The fourth-order valence-corrected chi connectivity index (χ4v) is 2.13. The number of hydrogen-bond donors (Lipinski definition) is 2. The van der Waals surface area contributed by atoms with Gasteiger partial charge < -0.3 is 15.1 Å². The Balaban J connectivity index is 2.60. The highest BCUT2D eigenvalue weighted by atomic mass is 19.3. The zero-order chi connectivity index (χ0) is 15.4. The van der Waals surface area contributed by atoms with E-state index in [-0.39, 0.29) is 18.8 Å². The molecule has 1 heterocycles. The number of rotatable bonds is 6. The largest absolute Gasteiger partial charge is 0.477 e. The van der Waals surface area contributed by atoms with Crippen LogP contribution in [0, 0.1) is 0 Å². The zero-order valence-electron chi connectivity index (χ0n) is 11.0. The van der Waals surface area contributed by atoms with Crippen molar-refractivity contribution in [3.63, 3.8) is 0 Å². The summed E-state index contributed by atoms with van der Waals surface area (Å²) in [4.78, 5) is 16.4. The number of anilines is 1. The molecule has 1 aromatic heterocycles. The molecule has 0 bridgehead atoms. The van der Waals surface area contributed by atoms with Crippen molar-refractivity contribution in [1.29, 1.82) is 0 Å². The van der Waals surface area contributed by atoms with Gasteiger partial charge in [-0.1, -0.05) is 18.2 Å². The Kier molecular flexibility index (Phi) is 4.64. The Morgan fingerprint density at radius 2 is 2.05 bits per heavy atom. The van der Waals surface area contributed by atoms with Gasteiger partial charge in [0.05, 0.1) is 18.7 Å². The molecule has 21 heavy (non-hydrogen) atoms. The highest BCUT2D eigenvalue weighted by Gasteiger charge is 2.18. The maximum absolute atomic E-state index is 12.7. The van der Waals surface area contributed by atoms with Gasteiger partial charge in [0.1, 0.15) is 0 Å². The van der Waals surface area contributed by atoms with E-state index in [4.69, 9.17) is 10.2 Å². The van der Waals surface area contributed by atoms with Crippen molar-refractivity contribution < 1.29 is 23.8 Å². The van der Waals surface area contributed by atoms with E-state index in [0.717, 1.165) is 0 Å². The molecule has 7 heteroatoms. The molecule has 112 valence electrons. The number of aromatic nitrogens is 1. The van der Waals surface area contributed by atoms with Crippen LogP contribution >= 0.6 is 0 Å². The molecule has 0 saturated heterocycles. The van der Waals surface area contributed by atoms with Gasteiger partial charge in [-0.25, -0.2) is 18.6 Å². The second-order valence-corrected chi connectivity index (χ2v) is 4.41. The van der Waals surface area contributed by atoms with Gasteiger partial charge in [-0.15, -0.1) is 0 Å². The van der Waals surface area contributed by atoms with Crippen LogP contribution < -0.4 is 4.90 Å². The van der Waals surface area contributed by atoms with E-state index in [0.29, 0.717) is 16.6 Å². The first-order chi connectivity index (χ1) is 10.0. The minimum Gasteiger partial charge on any atom is -0.477 e. The first-order valence-corrected chi connectivity index (χ1v) is 6.30. The Hall–Kier alpha value is -2.28. The summed E-state index contributed by atoms with van der Waals surface area (Å²) in [7, 11) is 0. The number of carboxylic acid groups (broad SMARTS) is 1. The smallest absolute Gasteiger partial charge is 0.354 e. The predicted octanol–water partition coefficient (Wildman–Crippen LogP) is 2.00. The third-order valence-electron chi connectivity index (χ3n) is 2.98. The van der Waals surface area contributed by atoms with Crippen molar-refractivity contribution in [3.8, 4) is 0 Å². The van der Waals surface area contributed by atoms with Crippen molar-refractivity contribution in [3.05, 3.63) is 36.0 Å². The fraction of sp³-hybridized carbons (Fsp3) is 0.286. The molecule has 0 fully saturated rings. The Bertz CT molecular complexity index is 649. The Morgan fingerprint density at radius 1 is 1.33 bits per heavy atom.